The maximum Gasteiger partial charge on any atom is 0.422 e. The minimum absolute atomic E-state index is 0.0480. The predicted octanol–water partition coefficient (Wildman–Crippen LogP) is 4.17. The highest BCUT2D eigenvalue weighted by atomic mass is 35.5. The summed E-state index contributed by atoms with van der Waals surface area (Å²) >= 11 is 6.37. The van der Waals surface area contributed by atoms with Gasteiger partial charge in [-0.05, 0) is 47.9 Å². The average Bonchev–Trinajstić information content (AvgIpc) is 3.63. The van der Waals surface area contributed by atoms with Crippen LogP contribution in [0.1, 0.15) is 25.8 Å². The van der Waals surface area contributed by atoms with Crippen LogP contribution < -0.4 is 14.8 Å². The van der Waals surface area contributed by atoms with Gasteiger partial charge in [0.2, 0.25) is 5.95 Å². The molecule has 4 aromatic rings. The molecule has 1 aromatic carbocycles. The van der Waals surface area contributed by atoms with Crippen molar-refractivity contribution < 1.29 is 27.4 Å². The largest absolute Gasteiger partial charge is 0.487 e. The summed E-state index contributed by atoms with van der Waals surface area (Å²) in [6.07, 6.45) is 3.22. The summed E-state index contributed by atoms with van der Waals surface area (Å²) in [5, 5.41) is 18.8. The first kappa shape index (κ1) is 30.0. The van der Waals surface area contributed by atoms with Gasteiger partial charge in [-0.3, -0.25) is 9.58 Å². The highest BCUT2D eigenvalue weighted by Crippen LogP contribution is 2.39. The van der Waals surface area contributed by atoms with Gasteiger partial charge in [0.05, 0.1) is 37.0 Å². The van der Waals surface area contributed by atoms with Crippen LogP contribution in [0.15, 0.2) is 43.1 Å². The summed E-state index contributed by atoms with van der Waals surface area (Å²) in [4.78, 5) is 11.1. The molecule has 1 aliphatic carbocycles. The lowest BCUT2D eigenvalue weighted by Crippen LogP contribution is -2.50. The normalized spacial score (nSPS) is 19.8. The zero-order chi connectivity index (χ0) is 30.7. The van der Waals surface area contributed by atoms with Crippen LogP contribution in [-0.4, -0.2) is 96.1 Å². The van der Waals surface area contributed by atoms with Gasteiger partial charge >= 0.3 is 6.18 Å². The third-order valence-electron chi connectivity index (χ3n) is 7.42. The monoisotopic (exact) mass is 634 g/mol. The standard InChI is InChI=1S/C27H30ClF3N10O3/c1-17(13-40-16-34-37-38-40)44-24-8-18(2-3-22(24)28)19-11-32-26(33-12-19)35-23-14-41(36-25(23)43-15-27(29,30)31)21-9-20(10-21)39-4-6-42-7-5-39/h2-3,8,11-12,14,16-17,20-21H,4-7,9-10,13,15H2,1H3,(H,32,33,35)/t17-,20-,21-/m0/s1. The molecule has 0 bridgehead atoms. The fourth-order valence-electron chi connectivity index (χ4n) is 5.14. The fraction of sp³-hybridized carbons (Fsp3) is 0.481. The number of nitrogens with zero attached hydrogens (tertiary/aromatic N) is 9. The molecule has 1 saturated heterocycles. The lowest BCUT2D eigenvalue weighted by Gasteiger charge is -2.44. The van der Waals surface area contributed by atoms with Crippen LogP contribution in [-0.2, 0) is 11.3 Å². The number of alkyl halides is 3. The van der Waals surface area contributed by atoms with E-state index in [-0.39, 0.29) is 29.7 Å². The number of benzene rings is 1. The van der Waals surface area contributed by atoms with Crippen LogP contribution in [0, 0.1) is 0 Å². The molecule has 6 rings (SSSR count). The Morgan fingerprint density at radius 1 is 1.11 bits per heavy atom. The highest BCUT2D eigenvalue weighted by Gasteiger charge is 2.37. The average molecular weight is 635 g/mol. The summed E-state index contributed by atoms with van der Waals surface area (Å²) in [5.41, 5.74) is 1.68. The lowest BCUT2D eigenvalue weighted by molar-refractivity contribution is -0.154. The number of anilines is 2. The molecule has 3 aromatic heterocycles. The Bertz CT molecular complexity index is 1530. The zero-order valence-corrected chi connectivity index (χ0v) is 24.4. The topological polar surface area (TPSA) is 130 Å². The molecule has 1 aliphatic heterocycles. The lowest BCUT2D eigenvalue weighted by atomic mass is 9.85. The molecule has 0 spiro atoms. The van der Waals surface area contributed by atoms with Crippen LogP contribution in [0.25, 0.3) is 11.1 Å². The van der Waals surface area contributed by atoms with Crippen molar-refractivity contribution in [2.24, 2.45) is 0 Å². The third kappa shape index (κ3) is 7.36. The maximum atomic E-state index is 13.0. The van der Waals surface area contributed by atoms with Gasteiger partial charge in [-0.1, -0.05) is 17.7 Å². The quantitative estimate of drug-likeness (QED) is 0.255. The van der Waals surface area contributed by atoms with E-state index in [2.05, 4.69) is 40.8 Å². The van der Waals surface area contributed by atoms with Gasteiger partial charge < -0.3 is 19.5 Å². The van der Waals surface area contributed by atoms with Gasteiger partial charge in [-0.2, -0.15) is 13.2 Å². The van der Waals surface area contributed by atoms with Crippen molar-refractivity contribution in [2.45, 2.75) is 50.7 Å². The second-order valence-electron chi connectivity index (χ2n) is 10.7. The summed E-state index contributed by atoms with van der Waals surface area (Å²) in [6.45, 7) is 4.01. The molecule has 0 radical (unpaired) electrons. The van der Waals surface area contributed by atoms with Crippen molar-refractivity contribution >= 4 is 23.2 Å². The van der Waals surface area contributed by atoms with Crippen molar-refractivity contribution in [3.05, 3.63) is 48.1 Å². The summed E-state index contributed by atoms with van der Waals surface area (Å²) in [7, 11) is 0. The first-order valence-electron chi connectivity index (χ1n) is 14.1. The Kier molecular flexibility index (Phi) is 8.81. The molecule has 0 amide bonds. The van der Waals surface area contributed by atoms with E-state index >= 15 is 0 Å². The van der Waals surface area contributed by atoms with Crippen molar-refractivity contribution in [1.29, 1.82) is 0 Å². The Morgan fingerprint density at radius 3 is 2.59 bits per heavy atom. The Morgan fingerprint density at radius 2 is 1.89 bits per heavy atom. The van der Waals surface area contributed by atoms with Crippen molar-refractivity contribution in [3.63, 3.8) is 0 Å². The summed E-state index contributed by atoms with van der Waals surface area (Å²) in [6, 6.07) is 5.74. The van der Waals surface area contributed by atoms with E-state index in [1.165, 1.54) is 6.33 Å². The third-order valence-corrected chi connectivity index (χ3v) is 7.73. The smallest absolute Gasteiger partial charge is 0.422 e. The Labute approximate surface area is 255 Å². The van der Waals surface area contributed by atoms with Crippen LogP contribution >= 0.6 is 11.6 Å². The second kappa shape index (κ2) is 12.9. The molecule has 4 heterocycles. The number of ether oxygens (including phenoxy) is 3. The van der Waals surface area contributed by atoms with Gasteiger partial charge in [-0.15, -0.1) is 10.2 Å². The Hall–Kier alpha value is -4.02. The number of hydrogen-bond acceptors (Lipinski definition) is 11. The van der Waals surface area contributed by atoms with Gasteiger partial charge in [0.25, 0.3) is 5.88 Å². The number of aromatic nitrogens is 8. The SMILES string of the molecule is C[C@@H](Cn1cnnn1)Oc1cc(-c2cnc(Nc3cn([C@H]4C[C@H](N5CCOCC5)C4)nc3OCC(F)(F)F)nc2)ccc1Cl. The van der Waals surface area contributed by atoms with E-state index in [4.69, 9.17) is 25.8 Å². The predicted molar refractivity (Wildman–Crippen MR) is 152 cm³/mol. The van der Waals surface area contributed by atoms with Crippen LogP contribution in [0.5, 0.6) is 11.6 Å². The summed E-state index contributed by atoms with van der Waals surface area (Å²) < 4.78 is 58.6. The van der Waals surface area contributed by atoms with E-state index < -0.39 is 12.8 Å². The van der Waals surface area contributed by atoms with Crippen LogP contribution in [0.2, 0.25) is 5.02 Å². The molecular weight excluding hydrogens is 605 g/mol. The minimum Gasteiger partial charge on any atom is -0.487 e. The molecule has 1 saturated carbocycles. The van der Waals surface area contributed by atoms with Crippen molar-refractivity contribution in [3.8, 4) is 22.8 Å². The van der Waals surface area contributed by atoms with E-state index in [1.54, 1.807) is 40.1 Å². The number of rotatable bonds is 11. The van der Waals surface area contributed by atoms with E-state index in [0.717, 1.165) is 31.5 Å². The second-order valence-corrected chi connectivity index (χ2v) is 11.1. The molecular formula is C27H30ClF3N10O3. The molecule has 17 heteroatoms. The van der Waals surface area contributed by atoms with Gasteiger partial charge in [0.15, 0.2) is 6.61 Å². The summed E-state index contributed by atoms with van der Waals surface area (Å²) in [5.74, 6) is 0.475. The Balaban J connectivity index is 1.13. The highest BCUT2D eigenvalue weighted by molar-refractivity contribution is 6.32. The minimum atomic E-state index is -4.51. The molecule has 2 aliphatic rings. The maximum absolute atomic E-state index is 13.0. The molecule has 1 N–H and O–H groups in total. The molecule has 0 unspecified atom stereocenters. The number of nitrogens with one attached hydrogen (secondary N) is 1. The molecule has 1 atom stereocenters. The first-order valence-corrected chi connectivity index (χ1v) is 14.4. The molecule has 234 valence electrons. The van der Waals surface area contributed by atoms with Gasteiger partial charge in [0, 0.05) is 37.1 Å². The number of halogens is 4. The van der Waals surface area contributed by atoms with E-state index in [9.17, 15) is 13.2 Å². The zero-order valence-electron chi connectivity index (χ0n) is 23.7. The van der Waals surface area contributed by atoms with Crippen molar-refractivity contribution in [1.82, 2.24) is 44.9 Å². The molecule has 2 fully saturated rings. The molecule has 44 heavy (non-hydrogen) atoms. The van der Waals surface area contributed by atoms with Gasteiger partial charge in [-0.25, -0.2) is 14.6 Å². The van der Waals surface area contributed by atoms with Crippen LogP contribution in [0.4, 0.5) is 24.8 Å². The van der Waals surface area contributed by atoms with E-state index in [0.29, 0.717) is 42.1 Å². The van der Waals surface area contributed by atoms with Crippen LogP contribution in [0.3, 0.4) is 0 Å². The number of tetrazole rings is 1. The van der Waals surface area contributed by atoms with Crippen molar-refractivity contribution in [2.75, 3.05) is 38.2 Å². The fourth-order valence-corrected chi connectivity index (χ4v) is 5.30. The first-order chi connectivity index (χ1) is 21.2. The van der Waals surface area contributed by atoms with E-state index in [1.807, 2.05) is 13.0 Å². The van der Waals surface area contributed by atoms with Gasteiger partial charge in [0.1, 0.15) is 23.9 Å². The number of hydrogen-bond donors (Lipinski definition) is 1. The number of morpholine rings is 1. The molecule has 13 nitrogen and oxygen atoms in total.